The number of carbonyl (C=O) groups excluding carboxylic acids is 1. The fraction of sp³-hybridized carbons (Fsp3) is 0.435. The molecule has 31 heavy (non-hydrogen) atoms. The summed E-state index contributed by atoms with van der Waals surface area (Å²) in [6, 6.07) is 7.26. The van der Waals surface area contributed by atoms with Crippen molar-refractivity contribution in [2.45, 2.75) is 51.7 Å². The number of nitrogens with zero attached hydrogens (tertiary/aromatic N) is 1. The first-order valence-corrected chi connectivity index (χ1v) is 10.2. The Balaban J connectivity index is 1.57. The molecule has 2 atom stereocenters. The van der Waals surface area contributed by atoms with Crippen LogP contribution in [-0.4, -0.2) is 47.6 Å². The summed E-state index contributed by atoms with van der Waals surface area (Å²) < 4.78 is 46.5. The second-order valence-electron chi connectivity index (χ2n) is 8.11. The lowest BCUT2D eigenvalue weighted by Crippen LogP contribution is -2.49. The van der Waals surface area contributed by atoms with Gasteiger partial charge in [-0.2, -0.15) is 0 Å². The van der Waals surface area contributed by atoms with Crippen molar-refractivity contribution in [3.8, 4) is 5.75 Å². The van der Waals surface area contributed by atoms with Gasteiger partial charge in [0.25, 0.3) is 5.91 Å². The van der Waals surface area contributed by atoms with E-state index in [2.05, 4.69) is 4.74 Å². The smallest absolute Gasteiger partial charge is 0.406 e. The molecule has 0 bridgehead atoms. The van der Waals surface area contributed by atoms with Crippen LogP contribution >= 0.6 is 0 Å². The van der Waals surface area contributed by atoms with Crippen molar-refractivity contribution in [1.29, 1.82) is 0 Å². The van der Waals surface area contributed by atoms with Crippen molar-refractivity contribution < 1.29 is 32.5 Å². The monoisotopic (exact) mass is 435 g/mol. The largest absolute Gasteiger partial charge is 0.573 e. The highest BCUT2D eigenvalue weighted by molar-refractivity contribution is 5.99. The number of hydrogen-bond donors (Lipinski definition) is 1. The molecule has 2 aliphatic heterocycles. The van der Waals surface area contributed by atoms with Gasteiger partial charge in [-0.1, -0.05) is 12.1 Å². The summed E-state index contributed by atoms with van der Waals surface area (Å²) in [6.45, 7) is 5.20. The van der Waals surface area contributed by atoms with Crippen LogP contribution in [0.1, 0.15) is 44.6 Å². The van der Waals surface area contributed by atoms with E-state index in [4.69, 9.17) is 4.74 Å². The van der Waals surface area contributed by atoms with E-state index in [9.17, 15) is 23.1 Å². The molecule has 1 amide bonds. The Morgan fingerprint density at radius 1 is 1.19 bits per heavy atom. The van der Waals surface area contributed by atoms with Crippen molar-refractivity contribution in [3.05, 3.63) is 63.7 Å². The third-order valence-electron chi connectivity index (χ3n) is 6.20. The third-order valence-corrected chi connectivity index (χ3v) is 6.20. The van der Waals surface area contributed by atoms with Gasteiger partial charge in [0.05, 0.1) is 18.8 Å². The molecule has 0 aromatic heterocycles. The maximum atomic E-state index is 13.1. The molecule has 1 N–H and O–H groups in total. The average Bonchev–Trinajstić information content (AvgIpc) is 3.03. The van der Waals surface area contributed by atoms with Crippen LogP contribution in [0.4, 0.5) is 13.2 Å². The highest BCUT2D eigenvalue weighted by Gasteiger charge is 2.39. The van der Waals surface area contributed by atoms with Crippen LogP contribution in [0.15, 0.2) is 30.3 Å². The van der Waals surface area contributed by atoms with Crippen molar-refractivity contribution >= 4 is 5.91 Å². The molecule has 2 aromatic carbocycles. The Morgan fingerprint density at radius 3 is 2.55 bits per heavy atom. The summed E-state index contributed by atoms with van der Waals surface area (Å²) in [7, 11) is 0. The van der Waals surface area contributed by atoms with Crippen LogP contribution in [-0.2, 0) is 17.7 Å². The number of halogens is 3. The minimum atomic E-state index is -4.72. The Kier molecular flexibility index (Phi) is 5.70. The Morgan fingerprint density at radius 2 is 1.90 bits per heavy atom. The number of benzene rings is 2. The molecule has 166 valence electrons. The van der Waals surface area contributed by atoms with Gasteiger partial charge in [-0.25, -0.2) is 0 Å². The number of ether oxygens (including phenoxy) is 2. The molecule has 2 unspecified atom stereocenters. The van der Waals surface area contributed by atoms with E-state index in [1.807, 2.05) is 19.9 Å². The van der Waals surface area contributed by atoms with Gasteiger partial charge >= 0.3 is 6.36 Å². The predicted molar refractivity (Wildman–Crippen MR) is 107 cm³/mol. The van der Waals surface area contributed by atoms with E-state index in [1.165, 1.54) is 12.1 Å². The molecule has 0 aliphatic carbocycles. The molecule has 0 saturated carbocycles. The van der Waals surface area contributed by atoms with Crippen LogP contribution in [0.3, 0.4) is 0 Å². The second kappa shape index (κ2) is 8.16. The normalized spacial score (nSPS) is 21.4. The van der Waals surface area contributed by atoms with Crippen LogP contribution in [0.25, 0.3) is 0 Å². The maximum Gasteiger partial charge on any atom is 0.573 e. The first-order valence-electron chi connectivity index (χ1n) is 10.2. The fourth-order valence-corrected chi connectivity index (χ4v) is 4.32. The van der Waals surface area contributed by atoms with Gasteiger partial charge in [0, 0.05) is 18.7 Å². The summed E-state index contributed by atoms with van der Waals surface area (Å²) in [6.07, 6.45) is -4.35. The third kappa shape index (κ3) is 4.41. The van der Waals surface area contributed by atoms with Crippen molar-refractivity contribution in [2.75, 3.05) is 13.2 Å². The Bertz CT molecular complexity index is 988. The summed E-state index contributed by atoms with van der Waals surface area (Å²) in [5.41, 5.74) is 5.40. The van der Waals surface area contributed by atoms with Gasteiger partial charge in [-0.3, -0.25) is 4.79 Å². The van der Waals surface area contributed by atoms with E-state index in [0.717, 1.165) is 27.8 Å². The number of amides is 1. The van der Waals surface area contributed by atoms with E-state index in [-0.39, 0.29) is 17.7 Å². The minimum absolute atomic E-state index is 0.122. The number of aliphatic hydroxyl groups excluding tert-OH is 1. The summed E-state index contributed by atoms with van der Waals surface area (Å²) in [4.78, 5) is 14.8. The summed E-state index contributed by atoms with van der Waals surface area (Å²) >= 11 is 0. The van der Waals surface area contributed by atoms with Gasteiger partial charge in [-0.15, -0.1) is 13.2 Å². The molecule has 5 nitrogen and oxygen atoms in total. The Labute approximate surface area is 178 Å². The zero-order chi connectivity index (χ0) is 22.3. The molecule has 2 aromatic rings. The van der Waals surface area contributed by atoms with Crippen LogP contribution < -0.4 is 4.74 Å². The quantitative estimate of drug-likeness (QED) is 0.792. The molecule has 0 radical (unpaired) electrons. The summed E-state index contributed by atoms with van der Waals surface area (Å²) in [5, 5.41) is 10.3. The van der Waals surface area contributed by atoms with E-state index in [1.54, 1.807) is 17.0 Å². The highest BCUT2D eigenvalue weighted by atomic mass is 19.4. The SMILES string of the molecule is Cc1c(Cc2ccc(OC(F)(F)F)cc2)cc2c(c1C)CN(C1COCCC1O)C2=O. The molecule has 0 spiro atoms. The highest BCUT2D eigenvalue weighted by Crippen LogP contribution is 2.34. The lowest BCUT2D eigenvalue weighted by atomic mass is 9.91. The maximum absolute atomic E-state index is 13.1. The number of alkyl halides is 3. The van der Waals surface area contributed by atoms with E-state index >= 15 is 0 Å². The number of aliphatic hydroxyl groups is 1. The average molecular weight is 435 g/mol. The van der Waals surface area contributed by atoms with Gasteiger partial charge in [-0.05, 0) is 72.7 Å². The zero-order valence-electron chi connectivity index (χ0n) is 17.3. The molecule has 1 fully saturated rings. The van der Waals surface area contributed by atoms with E-state index < -0.39 is 12.5 Å². The molecule has 4 rings (SSSR count). The lowest BCUT2D eigenvalue weighted by Gasteiger charge is -2.34. The number of fused-ring (bicyclic) bond motifs is 1. The molecule has 2 aliphatic rings. The van der Waals surface area contributed by atoms with Gasteiger partial charge in [0.1, 0.15) is 5.75 Å². The first-order chi connectivity index (χ1) is 14.6. The molecular weight excluding hydrogens is 411 g/mol. The first kappa shape index (κ1) is 21.6. The van der Waals surface area contributed by atoms with Crippen LogP contribution in [0.2, 0.25) is 0 Å². The van der Waals surface area contributed by atoms with Crippen molar-refractivity contribution in [1.82, 2.24) is 4.90 Å². The molecule has 2 heterocycles. The second-order valence-corrected chi connectivity index (χ2v) is 8.11. The predicted octanol–water partition coefficient (Wildman–Crippen LogP) is 3.90. The molecule has 8 heteroatoms. The topological polar surface area (TPSA) is 59.0 Å². The van der Waals surface area contributed by atoms with Crippen molar-refractivity contribution in [3.63, 3.8) is 0 Å². The molecular formula is C23H24F3NO4. The van der Waals surface area contributed by atoms with Crippen molar-refractivity contribution in [2.24, 2.45) is 0 Å². The molecule has 1 saturated heterocycles. The lowest BCUT2D eigenvalue weighted by molar-refractivity contribution is -0.274. The van der Waals surface area contributed by atoms with Crippen LogP contribution in [0, 0.1) is 13.8 Å². The standard InChI is InChI=1S/C23H24F3NO4/c1-13-14(2)19-11-27(20-12-30-8-7-21(20)28)22(29)18(19)10-16(13)9-15-3-5-17(6-4-15)31-23(24,25)26/h3-6,10,20-21,28H,7-9,11-12H2,1-2H3. The number of hydrogen-bond acceptors (Lipinski definition) is 4. The van der Waals surface area contributed by atoms with Gasteiger partial charge in [0.15, 0.2) is 0 Å². The fourth-order valence-electron chi connectivity index (χ4n) is 4.32. The Hall–Kier alpha value is -2.58. The van der Waals surface area contributed by atoms with Gasteiger partial charge < -0.3 is 19.5 Å². The number of carbonyl (C=O) groups is 1. The zero-order valence-corrected chi connectivity index (χ0v) is 17.3. The van der Waals surface area contributed by atoms with E-state index in [0.29, 0.717) is 38.2 Å². The van der Waals surface area contributed by atoms with Crippen LogP contribution in [0.5, 0.6) is 5.75 Å². The summed E-state index contributed by atoms with van der Waals surface area (Å²) in [5.74, 6) is -0.389. The van der Waals surface area contributed by atoms with Gasteiger partial charge in [0.2, 0.25) is 0 Å². The minimum Gasteiger partial charge on any atom is -0.406 e. The number of rotatable bonds is 4.